The molecule has 1 heterocycles. The molecular formula is C26H23FN2O4. The van der Waals surface area contributed by atoms with E-state index >= 15 is 0 Å². The van der Waals surface area contributed by atoms with Crippen molar-refractivity contribution in [3.8, 4) is 11.5 Å². The Kier molecular flexibility index (Phi) is 6.40. The van der Waals surface area contributed by atoms with Crippen molar-refractivity contribution in [2.75, 3.05) is 19.0 Å². The number of benzene rings is 3. The largest absolute Gasteiger partial charge is 0.497 e. The molecule has 0 fully saturated rings. The number of amides is 2. The summed E-state index contributed by atoms with van der Waals surface area (Å²) >= 11 is 0. The van der Waals surface area contributed by atoms with Gasteiger partial charge in [-0.1, -0.05) is 30.3 Å². The standard InChI is InChI=1S/C26H23FN2O4/c1-3-33-21-14-10-19(11-15-21)28-24-23(17-8-12-20(32-2)13-9-17)25(30)29(26(24)31)16-18-6-4-5-7-22(18)27/h4-15,28H,3,16H2,1-2H3. The van der Waals surface area contributed by atoms with Crippen LogP contribution in [0.25, 0.3) is 5.57 Å². The van der Waals surface area contributed by atoms with Crippen LogP contribution in [0.3, 0.4) is 0 Å². The van der Waals surface area contributed by atoms with Crippen molar-refractivity contribution in [2.24, 2.45) is 0 Å². The molecule has 168 valence electrons. The normalized spacial score (nSPS) is 13.5. The summed E-state index contributed by atoms with van der Waals surface area (Å²) in [6.45, 7) is 2.26. The Morgan fingerprint density at radius 2 is 1.55 bits per heavy atom. The van der Waals surface area contributed by atoms with Gasteiger partial charge in [0.15, 0.2) is 0 Å². The van der Waals surface area contributed by atoms with Crippen LogP contribution in [0.4, 0.5) is 10.1 Å². The molecule has 1 aliphatic rings. The highest BCUT2D eigenvalue weighted by Gasteiger charge is 2.39. The molecule has 4 rings (SSSR count). The minimum atomic E-state index is -0.525. The number of hydrogen-bond acceptors (Lipinski definition) is 5. The molecule has 0 atom stereocenters. The van der Waals surface area contributed by atoms with Gasteiger partial charge in [0.25, 0.3) is 11.8 Å². The summed E-state index contributed by atoms with van der Waals surface area (Å²) < 4.78 is 24.9. The molecule has 0 radical (unpaired) electrons. The predicted octanol–water partition coefficient (Wildman–Crippen LogP) is 4.63. The van der Waals surface area contributed by atoms with E-state index in [-0.39, 0.29) is 23.4 Å². The molecule has 1 N–H and O–H groups in total. The van der Waals surface area contributed by atoms with Crippen LogP contribution in [0.2, 0.25) is 0 Å². The Labute approximate surface area is 191 Å². The quantitative estimate of drug-likeness (QED) is 0.511. The zero-order valence-electron chi connectivity index (χ0n) is 18.3. The van der Waals surface area contributed by atoms with Crippen molar-refractivity contribution >= 4 is 23.1 Å². The van der Waals surface area contributed by atoms with Crippen LogP contribution in [-0.4, -0.2) is 30.4 Å². The summed E-state index contributed by atoms with van der Waals surface area (Å²) in [4.78, 5) is 27.7. The van der Waals surface area contributed by atoms with Crippen LogP contribution >= 0.6 is 0 Å². The fraction of sp³-hybridized carbons (Fsp3) is 0.154. The van der Waals surface area contributed by atoms with Gasteiger partial charge in [-0.15, -0.1) is 0 Å². The third-order valence-corrected chi connectivity index (χ3v) is 5.27. The number of methoxy groups -OCH3 is 1. The number of carbonyl (C=O) groups is 2. The molecular weight excluding hydrogens is 423 g/mol. The number of nitrogens with one attached hydrogen (secondary N) is 1. The number of ether oxygens (including phenoxy) is 2. The lowest BCUT2D eigenvalue weighted by Gasteiger charge is -2.16. The van der Waals surface area contributed by atoms with E-state index in [2.05, 4.69) is 5.32 Å². The Morgan fingerprint density at radius 1 is 0.879 bits per heavy atom. The lowest BCUT2D eigenvalue weighted by molar-refractivity contribution is -0.137. The van der Waals surface area contributed by atoms with Crippen LogP contribution in [0.1, 0.15) is 18.1 Å². The minimum Gasteiger partial charge on any atom is -0.497 e. The molecule has 0 saturated carbocycles. The molecule has 0 unspecified atom stereocenters. The van der Waals surface area contributed by atoms with Crippen molar-refractivity contribution in [3.63, 3.8) is 0 Å². The smallest absolute Gasteiger partial charge is 0.278 e. The lowest BCUT2D eigenvalue weighted by atomic mass is 10.0. The second-order valence-electron chi connectivity index (χ2n) is 7.35. The Morgan fingerprint density at radius 3 is 2.18 bits per heavy atom. The van der Waals surface area contributed by atoms with Gasteiger partial charge in [-0.3, -0.25) is 14.5 Å². The van der Waals surface area contributed by atoms with Crippen LogP contribution in [0.15, 0.2) is 78.5 Å². The van der Waals surface area contributed by atoms with Crippen molar-refractivity contribution in [2.45, 2.75) is 13.5 Å². The van der Waals surface area contributed by atoms with Gasteiger partial charge in [-0.25, -0.2) is 4.39 Å². The van der Waals surface area contributed by atoms with Gasteiger partial charge in [0.2, 0.25) is 0 Å². The van der Waals surface area contributed by atoms with Crippen LogP contribution in [0, 0.1) is 5.82 Å². The first kappa shape index (κ1) is 22.1. The highest BCUT2D eigenvalue weighted by atomic mass is 19.1. The minimum absolute atomic E-state index is 0.130. The second kappa shape index (κ2) is 9.56. The van der Waals surface area contributed by atoms with Gasteiger partial charge in [0.05, 0.1) is 25.8 Å². The molecule has 2 amide bonds. The number of rotatable bonds is 8. The summed E-state index contributed by atoms with van der Waals surface area (Å²) in [5.41, 5.74) is 1.78. The Balaban J connectivity index is 1.71. The van der Waals surface area contributed by atoms with Crippen LogP contribution in [-0.2, 0) is 16.1 Å². The summed E-state index contributed by atoms with van der Waals surface area (Å²) in [7, 11) is 1.55. The van der Waals surface area contributed by atoms with E-state index in [4.69, 9.17) is 9.47 Å². The molecule has 1 aliphatic heterocycles. The number of anilines is 1. The maximum Gasteiger partial charge on any atom is 0.278 e. The average Bonchev–Trinajstić information content (AvgIpc) is 3.06. The maximum absolute atomic E-state index is 14.2. The van der Waals surface area contributed by atoms with Crippen molar-refractivity contribution in [1.82, 2.24) is 4.90 Å². The fourth-order valence-corrected chi connectivity index (χ4v) is 3.60. The number of nitrogens with zero attached hydrogens (tertiary/aromatic N) is 1. The zero-order valence-corrected chi connectivity index (χ0v) is 18.3. The van der Waals surface area contributed by atoms with Gasteiger partial charge < -0.3 is 14.8 Å². The van der Waals surface area contributed by atoms with E-state index in [0.717, 1.165) is 4.90 Å². The molecule has 3 aromatic carbocycles. The van der Waals surface area contributed by atoms with E-state index in [1.165, 1.54) is 6.07 Å². The lowest BCUT2D eigenvalue weighted by Crippen LogP contribution is -2.32. The second-order valence-corrected chi connectivity index (χ2v) is 7.35. The van der Waals surface area contributed by atoms with Crippen LogP contribution < -0.4 is 14.8 Å². The number of imide groups is 1. The monoisotopic (exact) mass is 446 g/mol. The average molecular weight is 446 g/mol. The first-order valence-corrected chi connectivity index (χ1v) is 10.5. The zero-order chi connectivity index (χ0) is 23.4. The van der Waals surface area contributed by atoms with Gasteiger partial charge >= 0.3 is 0 Å². The fourth-order valence-electron chi connectivity index (χ4n) is 3.60. The summed E-state index contributed by atoms with van der Waals surface area (Å²) in [6.07, 6.45) is 0. The van der Waals surface area contributed by atoms with Crippen molar-refractivity contribution in [1.29, 1.82) is 0 Å². The Bertz CT molecular complexity index is 1200. The molecule has 0 saturated heterocycles. The topological polar surface area (TPSA) is 67.9 Å². The highest BCUT2D eigenvalue weighted by molar-refractivity contribution is 6.36. The molecule has 0 aromatic heterocycles. The third-order valence-electron chi connectivity index (χ3n) is 5.27. The van der Waals surface area contributed by atoms with E-state index < -0.39 is 17.6 Å². The van der Waals surface area contributed by atoms with Gasteiger partial charge in [0, 0.05) is 11.3 Å². The van der Waals surface area contributed by atoms with Crippen LogP contribution in [0.5, 0.6) is 11.5 Å². The molecule has 6 nitrogen and oxygen atoms in total. The molecule has 0 bridgehead atoms. The number of hydrogen-bond donors (Lipinski definition) is 1. The molecule has 7 heteroatoms. The van der Waals surface area contributed by atoms with Crippen molar-refractivity contribution < 1.29 is 23.5 Å². The molecule has 0 spiro atoms. The van der Waals surface area contributed by atoms with E-state index in [1.807, 2.05) is 6.92 Å². The summed E-state index contributed by atoms with van der Waals surface area (Å²) in [5.74, 6) is -0.176. The van der Waals surface area contributed by atoms with E-state index in [0.29, 0.717) is 29.4 Å². The van der Waals surface area contributed by atoms with Gasteiger partial charge in [-0.05, 0) is 55.0 Å². The van der Waals surface area contributed by atoms with E-state index in [1.54, 1.807) is 73.8 Å². The highest BCUT2D eigenvalue weighted by Crippen LogP contribution is 2.33. The SMILES string of the molecule is CCOc1ccc(NC2=C(c3ccc(OC)cc3)C(=O)N(Cc3ccccc3F)C2=O)cc1. The van der Waals surface area contributed by atoms with Crippen molar-refractivity contribution in [3.05, 3.63) is 95.4 Å². The molecule has 3 aromatic rings. The first-order valence-electron chi connectivity index (χ1n) is 10.5. The summed E-state index contributed by atoms with van der Waals surface area (Å²) in [6, 6.07) is 20.0. The number of carbonyl (C=O) groups excluding carboxylic acids is 2. The third kappa shape index (κ3) is 4.57. The van der Waals surface area contributed by atoms with Gasteiger partial charge in [0.1, 0.15) is 23.0 Å². The summed E-state index contributed by atoms with van der Waals surface area (Å²) in [5, 5.41) is 3.08. The Hall–Kier alpha value is -4.13. The van der Waals surface area contributed by atoms with Gasteiger partial charge in [-0.2, -0.15) is 0 Å². The first-order chi connectivity index (χ1) is 16.0. The maximum atomic E-state index is 14.2. The number of halogens is 1. The molecule has 33 heavy (non-hydrogen) atoms. The van der Waals surface area contributed by atoms with E-state index in [9.17, 15) is 14.0 Å². The molecule has 0 aliphatic carbocycles. The predicted molar refractivity (Wildman–Crippen MR) is 123 cm³/mol.